The Morgan fingerprint density at radius 2 is 1.82 bits per heavy atom. The van der Waals surface area contributed by atoms with Gasteiger partial charge < -0.3 is 8.83 Å². The highest BCUT2D eigenvalue weighted by Gasteiger charge is 2.17. The lowest BCUT2D eigenvalue weighted by molar-refractivity contribution is 0.561. The van der Waals surface area contributed by atoms with Crippen molar-refractivity contribution in [2.24, 2.45) is 0 Å². The Hall–Kier alpha value is -2.40. The topological polar surface area (TPSA) is 56.2 Å². The summed E-state index contributed by atoms with van der Waals surface area (Å²) in [5, 5.41) is 0.484. The first-order chi connectivity index (χ1) is 10.6. The summed E-state index contributed by atoms with van der Waals surface area (Å²) in [6.07, 6.45) is 0. The molecule has 0 saturated carbocycles. The average Bonchev–Trinajstić information content (AvgIpc) is 2.94. The van der Waals surface area contributed by atoms with Gasteiger partial charge in [0.2, 0.25) is 5.89 Å². The lowest BCUT2D eigenvalue weighted by Gasteiger charge is -2.01. The number of oxazole rings is 1. The van der Waals surface area contributed by atoms with Crippen LogP contribution in [0.4, 0.5) is 0 Å². The standard InChI is InChI=1S/C17H10BrNO3/c1-9-7-13(20)11-8-12-16(14(18)15(11)21-9)22-17(19-12)10-5-3-2-4-6-10/h2-8H,1H3. The van der Waals surface area contributed by atoms with E-state index in [1.807, 2.05) is 30.3 Å². The van der Waals surface area contributed by atoms with Crippen LogP contribution in [0, 0.1) is 6.92 Å². The maximum Gasteiger partial charge on any atom is 0.227 e. The molecule has 0 atom stereocenters. The minimum Gasteiger partial charge on any atom is -0.460 e. The molecule has 22 heavy (non-hydrogen) atoms. The molecule has 0 fully saturated rings. The van der Waals surface area contributed by atoms with E-state index in [0.29, 0.717) is 38.2 Å². The molecule has 0 unspecified atom stereocenters. The van der Waals surface area contributed by atoms with Gasteiger partial charge in [0, 0.05) is 11.6 Å². The SMILES string of the molecule is Cc1cc(=O)c2cc3nc(-c4ccccc4)oc3c(Br)c2o1. The van der Waals surface area contributed by atoms with E-state index < -0.39 is 0 Å². The Morgan fingerprint density at radius 3 is 2.59 bits per heavy atom. The summed E-state index contributed by atoms with van der Waals surface area (Å²) in [7, 11) is 0. The number of fused-ring (bicyclic) bond motifs is 2. The fraction of sp³-hybridized carbons (Fsp3) is 0.0588. The van der Waals surface area contributed by atoms with Crippen molar-refractivity contribution in [2.45, 2.75) is 6.92 Å². The monoisotopic (exact) mass is 355 g/mol. The molecule has 0 spiro atoms. The van der Waals surface area contributed by atoms with Crippen molar-refractivity contribution >= 4 is 38.0 Å². The van der Waals surface area contributed by atoms with Crippen LogP contribution in [0.1, 0.15) is 5.76 Å². The van der Waals surface area contributed by atoms with Gasteiger partial charge in [-0.2, -0.15) is 0 Å². The number of aryl methyl sites for hydroxylation is 1. The lowest BCUT2D eigenvalue weighted by atomic mass is 10.2. The van der Waals surface area contributed by atoms with Gasteiger partial charge in [-0.1, -0.05) is 18.2 Å². The maximum absolute atomic E-state index is 12.1. The molecule has 0 amide bonds. The molecular weight excluding hydrogens is 346 g/mol. The smallest absolute Gasteiger partial charge is 0.227 e. The number of nitrogens with zero attached hydrogens (tertiary/aromatic N) is 1. The molecule has 0 saturated heterocycles. The third kappa shape index (κ3) is 1.97. The van der Waals surface area contributed by atoms with Gasteiger partial charge in [0.1, 0.15) is 15.7 Å². The number of hydrogen-bond acceptors (Lipinski definition) is 4. The highest BCUT2D eigenvalue weighted by Crippen LogP contribution is 2.34. The molecule has 4 rings (SSSR count). The minimum atomic E-state index is -0.0920. The molecule has 0 radical (unpaired) electrons. The van der Waals surface area contributed by atoms with Crippen molar-refractivity contribution in [1.29, 1.82) is 0 Å². The van der Waals surface area contributed by atoms with Gasteiger partial charge in [-0.25, -0.2) is 4.98 Å². The average molecular weight is 356 g/mol. The minimum absolute atomic E-state index is 0.0920. The molecule has 0 aliphatic heterocycles. The number of aromatic nitrogens is 1. The highest BCUT2D eigenvalue weighted by atomic mass is 79.9. The van der Waals surface area contributed by atoms with E-state index in [2.05, 4.69) is 20.9 Å². The zero-order valence-corrected chi connectivity index (χ0v) is 13.2. The van der Waals surface area contributed by atoms with Crippen LogP contribution in [-0.2, 0) is 0 Å². The van der Waals surface area contributed by atoms with Crippen molar-refractivity contribution in [3.05, 3.63) is 62.9 Å². The van der Waals surface area contributed by atoms with Gasteiger partial charge in [0.15, 0.2) is 16.6 Å². The first kappa shape index (κ1) is 13.3. The first-order valence-corrected chi connectivity index (χ1v) is 7.52. The third-order valence-corrected chi connectivity index (χ3v) is 4.18. The summed E-state index contributed by atoms with van der Waals surface area (Å²) in [6.45, 7) is 1.74. The van der Waals surface area contributed by atoms with Crippen LogP contribution in [0.5, 0.6) is 0 Å². The third-order valence-electron chi connectivity index (χ3n) is 3.46. The Bertz CT molecular complexity index is 1060. The normalized spacial score (nSPS) is 11.4. The Kier molecular flexibility index (Phi) is 2.90. The first-order valence-electron chi connectivity index (χ1n) is 6.72. The van der Waals surface area contributed by atoms with Crippen LogP contribution >= 0.6 is 15.9 Å². The lowest BCUT2D eigenvalue weighted by Crippen LogP contribution is -2.00. The Morgan fingerprint density at radius 1 is 1.05 bits per heavy atom. The molecule has 4 nitrogen and oxygen atoms in total. The zero-order valence-electron chi connectivity index (χ0n) is 11.6. The molecule has 108 valence electrons. The molecule has 2 aromatic heterocycles. The van der Waals surface area contributed by atoms with E-state index in [1.165, 1.54) is 6.07 Å². The van der Waals surface area contributed by atoms with Crippen LogP contribution in [0.15, 0.2) is 60.6 Å². The summed E-state index contributed by atoms with van der Waals surface area (Å²) in [4.78, 5) is 16.6. The van der Waals surface area contributed by atoms with Gasteiger partial charge in [0.05, 0.1) is 5.39 Å². The summed E-state index contributed by atoms with van der Waals surface area (Å²) < 4.78 is 12.1. The van der Waals surface area contributed by atoms with E-state index in [-0.39, 0.29) is 5.43 Å². The fourth-order valence-corrected chi connectivity index (χ4v) is 3.03. The van der Waals surface area contributed by atoms with Crippen LogP contribution in [0.3, 0.4) is 0 Å². The van der Waals surface area contributed by atoms with Gasteiger partial charge in [0.25, 0.3) is 0 Å². The predicted molar refractivity (Wildman–Crippen MR) is 87.9 cm³/mol. The molecule has 5 heteroatoms. The Balaban J connectivity index is 2.08. The van der Waals surface area contributed by atoms with Crippen LogP contribution in [0.25, 0.3) is 33.5 Å². The molecule has 0 aliphatic rings. The predicted octanol–water partition coefficient (Wildman–Crippen LogP) is 4.67. The van der Waals surface area contributed by atoms with Crippen LogP contribution in [-0.4, -0.2) is 4.98 Å². The van der Waals surface area contributed by atoms with E-state index >= 15 is 0 Å². The Labute approximate surface area is 133 Å². The largest absolute Gasteiger partial charge is 0.460 e. The van der Waals surface area contributed by atoms with Gasteiger partial charge >= 0.3 is 0 Å². The zero-order chi connectivity index (χ0) is 15.3. The molecular formula is C17H10BrNO3. The molecule has 0 aliphatic carbocycles. The van der Waals surface area contributed by atoms with E-state index in [4.69, 9.17) is 8.83 Å². The molecule has 2 heterocycles. The highest BCUT2D eigenvalue weighted by molar-refractivity contribution is 9.10. The van der Waals surface area contributed by atoms with Crippen molar-refractivity contribution in [2.75, 3.05) is 0 Å². The summed E-state index contributed by atoms with van der Waals surface area (Å²) in [6, 6.07) is 12.8. The number of hydrogen-bond donors (Lipinski definition) is 0. The quantitative estimate of drug-likeness (QED) is 0.497. The van der Waals surface area contributed by atoms with Crippen LogP contribution < -0.4 is 5.43 Å². The van der Waals surface area contributed by atoms with Crippen molar-refractivity contribution < 1.29 is 8.83 Å². The van der Waals surface area contributed by atoms with E-state index in [1.54, 1.807) is 13.0 Å². The second-order valence-corrected chi connectivity index (χ2v) is 5.81. The van der Waals surface area contributed by atoms with Crippen molar-refractivity contribution in [1.82, 2.24) is 4.98 Å². The van der Waals surface area contributed by atoms with Gasteiger partial charge in [-0.05, 0) is 41.1 Å². The van der Waals surface area contributed by atoms with Crippen molar-refractivity contribution in [3.63, 3.8) is 0 Å². The van der Waals surface area contributed by atoms with E-state index in [0.717, 1.165) is 5.56 Å². The van der Waals surface area contributed by atoms with E-state index in [9.17, 15) is 4.79 Å². The summed E-state index contributed by atoms with van der Waals surface area (Å²) in [5.41, 5.74) is 2.46. The molecule has 0 bridgehead atoms. The van der Waals surface area contributed by atoms with Crippen LogP contribution in [0.2, 0.25) is 0 Å². The molecule has 2 aromatic carbocycles. The number of benzene rings is 2. The molecule has 0 N–H and O–H groups in total. The van der Waals surface area contributed by atoms with Gasteiger partial charge in [-0.3, -0.25) is 4.79 Å². The number of rotatable bonds is 1. The second kappa shape index (κ2) is 4.81. The summed E-state index contributed by atoms with van der Waals surface area (Å²) >= 11 is 3.47. The molecule has 4 aromatic rings. The maximum atomic E-state index is 12.1. The summed E-state index contributed by atoms with van der Waals surface area (Å²) in [5.74, 6) is 1.07. The fourth-order valence-electron chi connectivity index (χ4n) is 2.45. The van der Waals surface area contributed by atoms with Crippen molar-refractivity contribution in [3.8, 4) is 11.5 Å². The number of halogens is 1. The second-order valence-electron chi connectivity index (χ2n) is 5.02. The van der Waals surface area contributed by atoms with Gasteiger partial charge in [-0.15, -0.1) is 0 Å².